The molecule has 29 heavy (non-hydrogen) atoms. The lowest BCUT2D eigenvalue weighted by Crippen LogP contribution is -2.37. The Morgan fingerprint density at radius 1 is 1.07 bits per heavy atom. The number of nitrogens with zero attached hydrogens (tertiary/aromatic N) is 4. The fourth-order valence-corrected chi connectivity index (χ4v) is 4.49. The van der Waals surface area contributed by atoms with E-state index in [1.807, 2.05) is 60.5 Å². The number of benzene rings is 1. The number of para-hydroxylation sites is 1. The first-order valence-electron chi connectivity index (χ1n) is 10.4. The zero-order chi connectivity index (χ0) is 19.8. The molecule has 0 spiro atoms. The minimum atomic E-state index is 0.0398. The molecule has 4 heterocycles. The van der Waals surface area contributed by atoms with Crippen LogP contribution >= 0.6 is 0 Å². The van der Waals surface area contributed by atoms with Crippen LogP contribution in [0.2, 0.25) is 0 Å². The third-order valence-electron chi connectivity index (χ3n) is 6.05. The predicted molar refractivity (Wildman–Crippen MR) is 111 cm³/mol. The van der Waals surface area contributed by atoms with E-state index in [-0.39, 0.29) is 5.91 Å². The Morgan fingerprint density at radius 2 is 1.86 bits per heavy atom. The van der Waals surface area contributed by atoms with Gasteiger partial charge in [-0.2, -0.15) is 5.10 Å². The average molecular weight is 390 g/mol. The molecule has 150 valence electrons. The van der Waals surface area contributed by atoms with Gasteiger partial charge in [0.2, 0.25) is 0 Å². The Bertz CT molecular complexity index is 1000. The van der Waals surface area contributed by atoms with Crippen LogP contribution in [0.4, 0.5) is 0 Å². The molecule has 2 aliphatic rings. The highest BCUT2D eigenvalue weighted by Crippen LogP contribution is 2.29. The van der Waals surface area contributed by atoms with Gasteiger partial charge in [-0.15, -0.1) is 0 Å². The summed E-state index contributed by atoms with van der Waals surface area (Å²) < 4.78 is 7.59. The summed E-state index contributed by atoms with van der Waals surface area (Å²) in [5, 5.41) is 4.72. The maximum absolute atomic E-state index is 13.5. The maximum Gasteiger partial charge on any atom is 0.257 e. The summed E-state index contributed by atoms with van der Waals surface area (Å²) in [6.07, 6.45) is 5.44. The molecule has 0 radical (unpaired) electrons. The number of aryl methyl sites for hydroxylation is 1. The molecule has 1 unspecified atom stereocenters. The Morgan fingerprint density at radius 3 is 2.59 bits per heavy atom. The Hall–Kier alpha value is -2.86. The Kier molecular flexibility index (Phi) is 4.72. The monoisotopic (exact) mass is 390 g/mol. The van der Waals surface area contributed by atoms with E-state index in [0.717, 1.165) is 44.0 Å². The van der Waals surface area contributed by atoms with Gasteiger partial charge in [-0.3, -0.25) is 9.69 Å². The summed E-state index contributed by atoms with van der Waals surface area (Å²) in [6, 6.07) is 14.2. The van der Waals surface area contributed by atoms with Gasteiger partial charge < -0.3 is 9.32 Å². The fraction of sp³-hybridized carbons (Fsp3) is 0.391. The van der Waals surface area contributed by atoms with Gasteiger partial charge in [0.25, 0.3) is 5.91 Å². The number of amides is 1. The van der Waals surface area contributed by atoms with Crippen molar-refractivity contribution in [2.24, 2.45) is 0 Å². The van der Waals surface area contributed by atoms with Crippen LogP contribution in [0.1, 0.15) is 35.4 Å². The van der Waals surface area contributed by atoms with Gasteiger partial charge in [0, 0.05) is 25.3 Å². The van der Waals surface area contributed by atoms with Gasteiger partial charge in [-0.1, -0.05) is 18.2 Å². The van der Waals surface area contributed by atoms with Gasteiger partial charge in [0.15, 0.2) is 5.76 Å². The number of carbonyl (C=O) groups excluding carboxylic acids is 1. The summed E-state index contributed by atoms with van der Waals surface area (Å²) in [5.41, 5.74) is 2.13. The molecule has 1 amide bonds. The zero-order valence-corrected chi connectivity index (χ0v) is 16.8. The van der Waals surface area contributed by atoms with Gasteiger partial charge >= 0.3 is 0 Å². The molecule has 0 saturated carbocycles. The molecule has 5 rings (SSSR count). The van der Waals surface area contributed by atoms with Gasteiger partial charge in [0.05, 0.1) is 11.3 Å². The van der Waals surface area contributed by atoms with Crippen molar-refractivity contribution in [1.29, 1.82) is 0 Å². The minimum Gasteiger partial charge on any atom is -0.460 e. The summed E-state index contributed by atoms with van der Waals surface area (Å²) in [6.45, 7) is 5.82. The lowest BCUT2D eigenvalue weighted by Gasteiger charge is -2.23. The van der Waals surface area contributed by atoms with Crippen molar-refractivity contribution in [2.75, 3.05) is 26.2 Å². The van der Waals surface area contributed by atoms with E-state index >= 15 is 0 Å². The van der Waals surface area contributed by atoms with Gasteiger partial charge in [0.1, 0.15) is 11.5 Å². The van der Waals surface area contributed by atoms with Crippen LogP contribution in [0.5, 0.6) is 0 Å². The average Bonchev–Trinajstić information content (AvgIpc) is 3.54. The van der Waals surface area contributed by atoms with E-state index in [1.165, 1.54) is 12.8 Å². The van der Waals surface area contributed by atoms with Crippen molar-refractivity contribution >= 4 is 5.91 Å². The fourth-order valence-electron chi connectivity index (χ4n) is 4.49. The second-order valence-corrected chi connectivity index (χ2v) is 8.02. The molecule has 6 heteroatoms. The van der Waals surface area contributed by atoms with E-state index in [4.69, 9.17) is 9.52 Å². The smallest absolute Gasteiger partial charge is 0.257 e. The molecule has 1 aromatic carbocycles. The molecule has 0 bridgehead atoms. The molecular weight excluding hydrogens is 364 g/mol. The first-order valence-corrected chi connectivity index (χ1v) is 10.4. The van der Waals surface area contributed by atoms with Crippen LogP contribution < -0.4 is 0 Å². The molecular formula is C23H26N4O2. The van der Waals surface area contributed by atoms with Gasteiger partial charge in [-0.25, -0.2) is 4.68 Å². The van der Waals surface area contributed by atoms with E-state index in [1.54, 1.807) is 4.68 Å². The molecule has 6 nitrogen and oxygen atoms in total. The molecule has 1 atom stereocenters. The zero-order valence-electron chi connectivity index (χ0n) is 16.8. The maximum atomic E-state index is 13.5. The first-order chi connectivity index (χ1) is 14.2. The largest absolute Gasteiger partial charge is 0.460 e. The SMILES string of the molecule is Cc1ccc(-c2nn(-c3ccccc3)cc2C(=O)N2CCC(N3CCCC3)C2)o1. The van der Waals surface area contributed by atoms with Crippen molar-refractivity contribution < 1.29 is 9.21 Å². The topological polar surface area (TPSA) is 54.5 Å². The third-order valence-corrected chi connectivity index (χ3v) is 6.05. The number of rotatable bonds is 4. The van der Waals surface area contributed by atoms with Crippen LogP contribution in [0.25, 0.3) is 17.1 Å². The van der Waals surface area contributed by atoms with Crippen LogP contribution in [-0.4, -0.2) is 57.7 Å². The van der Waals surface area contributed by atoms with Crippen molar-refractivity contribution in [3.05, 3.63) is 60.0 Å². The Balaban J connectivity index is 1.46. The Labute approximate surface area is 170 Å². The van der Waals surface area contributed by atoms with Crippen molar-refractivity contribution in [1.82, 2.24) is 19.6 Å². The summed E-state index contributed by atoms with van der Waals surface area (Å²) in [5.74, 6) is 1.48. The summed E-state index contributed by atoms with van der Waals surface area (Å²) >= 11 is 0. The molecule has 2 aliphatic heterocycles. The quantitative estimate of drug-likeness (QED) is 0.681. The third kappa shape index (κ3) is 3.49. The number of hydrogen-bond acceptors (Lipinski definition) is 4. The second-order valence-electron chi connectivity index (χ2n) is 8.02. The van der Waals surface area contributed by atoms with E-state index in [2.05, 4.69) is 4.90 Å². The van der Waals surface area contributed by atoms with Crippen LogP contribution in [0.3, 0.4) is 0 Å². The highest BCUT2D eigenvalue weighted by Gasteiger charge is 2.34. The van der Waals surface area contributed by atoms with Crippen LogP contribution in [0.15, 0.2) is 53.1 Å². The van der Waals surface area contributed by atoms with E-state index in [9.17, 15) is 4.79 Å². The van der Waals surface area contributed by atoms with Gasteiger partial charge in [-0.05, 0) is 63.5 Å². The second kappa shape index (κ2) is 7.52. The summed E-state index contributed by atoms with van der Waals surface area (Å²) in [7, 11) is 0. The van der Waals surface area contributed by atoms with Crippen molar-refractivity contribution in [2.45, 2.75) is 32.2 Å². The van der Waals surface area contributed by atoms with E-state index < -0.39 is 0 Å². The molecule has 2 aromatic heterocycles. The van der Waals surface area contributed by atoms with Crippen LogP contribution in [0, 0.1) is 6.92 Å². The van der Waals surface area contributed by atoms with E-state index in [0.29, 0.717) is 23.1 Å². The summed E-state index contributed by atoms with van der Waals surface area (Å²) in [4.78, 5) is 18.0. The molecule has 2 fully saturated rings. The molecule has 2 saturated heterocycles. The highest BCUT2D eigenvalue weighted by molar-refractivity contribution is 5.99. The molecule has 0 aliphatic carbocycles. The first kappa shape index (κ1) is 18.2. The van der Waals surface area contributed by atoms with Crippen molar-refractivity contribution in [3.8, 4) is 17.1 Å². The van der Waals surface area contributed by atoms with Crippen molar-refractivity contribution in [3.63, 3.8) is 0 Å². The number of aromatic nitrogens is 2. The number of carbonyl (C=O) groups is 1. The predicted octanol–water partition coefficient (Wildman–Crippen LogP) is 3.75. The lowest BCUT2D eigenvalue weighted by atomic mass is 10.2. The van der Waals surface area contributed by atoms with Crippen LogP contribution in [-0.2, 0) is 0 Å². The highest BCUT2D eigenvalue weighted by atomic mass is 16.3. The minimum absolute atomic E-state index is 0.0398. The lowest BCUT2D eigenvalue weighted by molar-refractivity contribution is 0.0780. The molecule has 0 N–H and O–H groups in total. The number of hydrogen-bond donors (Lipinski definition) is 0. The molecule has 3 aromatic rings. The number of likely N-dealkylation sites (tertiary alicyclic amines) is 2. The number of furan rings is 1. The normalized spacial score (nSPS) is 19.9. The standard InChI is InChI=1S/C23H26N4O2/c1-17-9-10-21(29-17)22-20(16-27(24-22)18-7-3-2-4-8-18)23(28)26-14-11-19(15-26)25-12-5-6-13-25/h2-4,7-10,16,19H,5-6,11-15H2,1H3.